The number of carbonyl (C=O) groups excluding carboxylic acids is 1. The average molecular weight is 651 g/mol. The van der Waals surface area contributed by atoms with Crippen molar-refractivity contribution >= 4 is 13.7 Å². The molecule has 0 spiro atoms. The van der Waals surface area contributed by atoms with Gasteiger partial charge in [-0.05, 0) is 64.2 Å². The second kappa shape index (κ2) is 28.2. The molecule has 0 radical (unpaired) electrons. The fraction of sp³-hybridized carbons (Fsp3) is 0.639. The van der Waals surface area contributed by atoms with Crippen molar-refractivity contribution in [2.45, 2.75) is 109 Å². The van der Waals surface area contributed by atoms with Gasteiger partial charge in [-0.1, -0.05) is 99.6 Å². The van der Waals surface area contributed by atoms with Crippen LogP contribution in [0.15, 0.2) is 72.9 Å². The largest absolute Gasteiger partial charge is 0.756 e. The van der Waals surface area contributed by atoms with E-state index in [2.05, 4.69) is 79.9 Å². The summed E-state index contributed by atoms with van der Waals surface area (Å²) in [6.07, 6.45) is 35.4. The van der Waals surface area contributed by atoms with Crippen molar-refractivity contribution < 1.29 is 32.9 Å². The van der Waals surface area contributed by atoms with Gasteiger partial charge in [-0.25, -0.2) is 0 Å². The van der Waals surface area contributed by atoms with Crippen LogP contribution in [-0.2, 0) is 18.4 Å². The lowest BCUT2D eigenvalue weighted by Crippen LogP contribution is -2.45. The second-order valence-electron chi connectivity index (χ2n) is 12.1. The molecule has 0 aliphatic heterocycles. The van der Waals surface area contributed by atoms with Crippen molar-refractivity contribution in [2.24, 2.45) is 0 Å². The summed E-state index contributed by atoms with van der Waals surface area (Å²) in [4.78, 5) is 25.0. The standard InChI is InChI=1S/C36H63N2O6P/c1-6-8-10-12-14-16-17-18-19-20-21-22-24-26-28-30-36(40)37-34(33-44-45(41,42)43-32-31-38(3,4)5)35(39)29-27-25-23-15-13-11-9-7-2/h8,10,13-16,18-19,21-22,27,29,34-35,39H,6-7,9,11-12,17,20,23-26,28,30-33H2,1-5H3,(H-,37,40,41,42)/b10-8-,15-13+,16-14-,19-18-,22-21-,29-27+. The third kappa shape index (κ3) is 30.4. The quantitative estimate of drug-likeness (QED) is 0.0393. The Labute approximate surface area is 274 Å². The number of phosphoric acid groups is 1. The topological polar surface area (TPSA) is 108 Å². The second-order valence-corrected chi connectivity index (χ2v) is 13.5. The van der Waals surface area contributed by atoms with Gasteiger partial charge in [0.2, 0.25) is 5.91 Å². The zero-order valence-electron chi connectivity index (χ0n) is 28.8. The van der Waals surface area contributed by atoms with Crippen molar-refractivity contribution in [3.63, 3.8) is 0 Å². The first-order valence-corrected chi connectivity index (χ1v) is 18.3. The molecule has 45 heavy (non-hydrogen) atoms. The van der Waals surface area contributed by atoms with Gasteiger partial charge in [0, 0.05) is 6.42 Å². The molecule has 0 aromatic carbocycles. The molecule has 9 heteroatoms. The van der Waals surface area contributed by atoms with Gasteiger partial charge in [0.15, 0.2) is 0 Å². The number of phosphoric ester groups is 1. The highest BCUT2D eigenvalue weighted by Gasteiger charge is 2.23. The van der Waals surface area contributed by atoms with Crippen molar-refractivity contribution in [1.82, 2.24) is 5.32 Å². The predicted molar refractivity (Wildman–Crippen MR) is 187 cm³/mol. The Morgan fingerprint density at radius 1 is 0.800 bits per heavy atom. The first-order chi connectivity index (χ1) is 21.5. The van der Waals surface area contributed by atoms with Gasteiger partial charge in [0.05, 0.1) is 39.9 Å². The van der Waals surface area contributed by atoms with Gasteiger partial charge in [-0.3, -0.25) is 9.36 Å². The first-order valence-electron chi connectivity index (χ1n) is 16.8. The number of carbonyl (C=O) groups is 1. The minimum atomic E-state index is -4.59. The number of allylic oxidation sites excluding steroid dienone is 11. The van der Waals surface area contributed by atoms with Gasteiger partial charge < -0.3 is 28.8 Å². The molecular weight excluding hydrogens is 587 g/mol. The molecular formula is C36H63N2O6P. The van der Waals surface area contributed by atoms with Crippen molar-refractivity contribution in [3.8, 4) is 0 Å². The number of aliphatic hydroxyl groups is 1. The molecule has 0 aliphatic carbocycles. The van der Waals surface area contributed by atoms with Crippen LogP contribution in [0.4, 0.5) is 0 Å². The molecule has 0 bridgehead atoms. The lowest BCUT2D eigenvalue weighted by Gasteiger charge is -2.29. The Balaban J connectivity index is 4.69. The molecule has 0 aromatic rings. The monoisotopic (exact) mass is 650 g/mol. The van der Waals surface area contributed by atoms with Crippen molar-refractivity contribution in [2.75, 3.05) is 40.9 Å². The van der Waals surface area contributed by atoms with E-state index in [0.717, 1.165) is 64.2 Å². The molecule has 0 aromatic heterocycles. The number of unbranched alkanes of at least 4 members (excludes halogenated alkanes) is 5. The molecule has 3 unspecified atom stereocenters. The van der Waals surface area contributed by atoms with E-state index in [4.69, 9.17) is 9.05 Å². The zero-order chi connectivity index (χ0) is 33.7. The maximum atomic E-state index is 12.7. The number of nitrogens with one attached hydrogen (secondary N) is 1. The molecule has 1 amide bonds. The van der Waals surface area contributed by atoms with Crippen LogP contribution in [0, 0.1) is 0 Å². The van der Waals surface area contributed by atoms with Crippen LogP contribution in [0.3, 0.4) is 0 Å². The molecule has 3 atom stereocenters. The molecule has 2 N–H and O–H groups in total. The van der Waals surface area contributed by atoms with Crippen LogP contribution in [0.2, 0.25) is 0 Å². The Morgan fingerprint density at radius 2 is 1.36 bits per heavy atom. The van der Waals surface area contributed by atoms with Gasteiger partial charge >= 0.3 is 0 Å². The van der Waals surface area contributed by atoms with E-state index in [9.17, 15) is 19.4 Å². The summed E-state index contributed by atoms with van der Waals surface area (Å²) in [5, 5.41) is 13.5. The molecule has 0 heterocycles. The smallest absolute Gasteiger partial charge is 0.268 e. The summed E-state index contributed by atoms with van der Waals surface area (Å²) < 4.78 is 22.9. The number of nitrogens with zero attached hydrogens (tertiary/aromatic N) is 1. The molecule has 0 saturated carbocycles. The normalized spacial score (nSPS) is 15.8. The Morgan fingerprint density at radius 3 is 1.98 bits per heavy atom. The van der Waals surface area contributed by atoms with Crippen molar-refractivity contribution in [3.05, 3.63) is 72.9 Å². The number of likely N-dealkylation sites (N-methyl/N-ethyl adjacent to an activating group) is 1. The Hall–Kier alpha value is -2.06. The summed E-state index contributed by atoms with van der Waals surface area (Å²) in [5.74, 6) is -0.258. The van der Waals surface area contributed by atoms with Gasteiger partial charge in [-0.15, -0.1) is 0 Å². The number of amides is 1. The third-order valence-electron chi connectivity index (χ3n) is 6.65. The van der Waals surface area contributed by atoms with Crippen LogP contribution in [0.25, 0.3) is 0 Å². The van der Waals surface area contributed by atoms with E-state index in [1.165, 1.54) is 6.42 Å². The van der Waals surface area contributed by atoms with E-state index >= 15 is 0 Å². The van der Waals surface area contributed by atoms with E-state index in [1.807, 2.05) is 27.2 Å². The molecule has 0 rings (SSSR count). The van der Waals surface area contributed by atoms with Gasteiger partial charge in [0.25, 0.3) is 7.82 Å². The molecule has 0 aliphatic rings. The molecule has 0 fully saturated rings. The Kier molecular flexibility index (Phi) is 26.9. The number of aliphatic hydroxyl groups excluding tert-OH is 1. The van der Waals surface area contributed by atoms with Gasteiger partial charge in [0.1, 0.15) is 13.2 Å². The lowest BCUT2D eigenvalue weighted by atomic mass is 10.1. The minimum absolute atomic E-state index is 0.0190. The van der Waals surface area contributed by atoms with Crippen LogP contribution in [-0.4, -0.2) is 68.5 Å². The van der Waals surface area contributed by atoms with Crippen LogP contribution in [0.1, 0.15) is 97.3 Å². The summed E-state index contributed by atoms with van der Waals surface area (Å²) in [7, 11) is 1.19. The SMILES string of the molecule is CC/C=C\C/C=C\C/C=C\C/C=C\CCCCC(=O)NC(COP(=O)([O-])OCC[N+](C)(C)C)C(O)/C=C/CC/C=C/CCCC. The summed E-state index contributed by atoms with van der Waals surface area (Å²) in [6, 6.07) is -0.924. The average Bonchev–Trinajstić information content (AvgIpc) is 2.97. The number of hydrogen-bond acceptors (Lipinski definition) is 6. The highest BCUT2D eigenvalue weighted by atomic mass is 31.2. The number of quaternary nitrogens is 1. The fourth-order valence-electron chi connectivity index (χ4n) is 3.91. The zero-order valence-corrected chi connectivity index (χ0v) is 29.7. The maximum absolute atomic E-state index is 12.7. The fourth-order valence-corrected chi connectivity index (χ4v) is 4.63. The lowest BCUT2D eigenvalue weighted by molar-refractivity contribution is -0.870. The highest BCUT2D eigenvalue weighted by molar-refractivity contribution is 7.45. The van der Waals surface area contributed by atoms with Crippen LogP contribution >= 0.6 is 7.82 Å². The van der Waals surface area contributed by atoms with E-state index in [1.54, 1.807) is 6.08 Å². The molecule has 258 valence electrons. The first kappa shape index (κ1) is 42.9. The van der Waals surface area contributed by atoms with Crippen molar-refractivity contribution in [1.29, 1.82) is 0 Å². The maximum Gasteiger partial charge on any atom is 0.268 e. The third-order valence-corrected chi connectivity index (χ3v) is 7.61. The highest BCUT2D eigenvalue weighted by Crippen LogP contribution is 2.38. The van der Waals surface area contributed by atoms with E-state index in [-0.39, 0.29) is 18.9 Å². The van der Waals surface area contributed by atoms with Crippen LogP contribution in [0.5, 0.6) is 0 Å². The summed E-state index contributed by atoms with van der Waals surface area (Å²) in [6.45, 7) is 4.34. The summed E-state index contributed by atoms with van der Waals surface area (Å²) >= 11 is 0. The van der Waals surface area contributed by atoms with E-state index in [0.29, 0.717) is 17.4 Å². The van der Waals surface area contributed by atoms with E-state index < -0.39 is 26.6 Å². The van der Waals surface area contributed by atoms with Gasteiger partial charge in [-0.2, -0.15) is 0 Å². The molecule has 0 saturated heterocycles. The Bertz CT molecular complexity index is 965. The number of hydrogen-bond donors (Lipinski definition) is 2. The number of rotatable bonds is 28. The molecule has 8 nitrogen and oxygen atoms in total. The predicted octanol–water partition coefficient (Wildman–Crippen LogP) is 7.49. The summed E-state index contributed by atoms with van der Waals surface area (Å²) in [5.41, 5.74) is 0. The van der Waals surface area contributed by atoms with Crippen LogP contribution < -0.4 is 10.2 Å². The minimum Gasteiger partial charge on any atom is -0.756 e.